The van der Waals surface area contributed by atoms with Gasteiger partial charge in [0.05, 0.1) is 0 Å². The van der Waals surface area contributed by atoms with Crippen LogP contribution < -0.4 is 11.5 Å². The highest BCUT2D eigenvalue weighted by atomic mass is 127. The quantitative estimate of drug-likeness (QED) is 0.498. The zero-order valence-electron chi connectivity index (χ0n) is 4.33. The number of ether oxygens (including phenoxy) is 1. The Hall–Kier alpha value is -0.530. The van der Waals surface area contributed by atoms with Crippen LogP contribution in [-0.2, 0) is 9.53 Å². The summed E-state index contributed by atoms with van der Waals surface area (Å²) in [6.45, 7) is 0. The molecule has 0 aromatic rings. The maximum atomic E-state index is 10.1. The van der Waals surface area contributed by atoms with E-state index in [1.165, 1.54) is 0 Å². The van der Waals surface area contributed by atoms with Gasteiger partial charge in [0.1, 0.15) is 0 Å². The van der Waals surface area contributed by atoms with Crippen molar-refractivity contribution < 1.29 is 14.3 Å². The lowest BCUT2D eigenvalue weighted by atomic mass is 10.7. The molecule has 0 saturated carbocycles. The van der Waals surface area contributed by atoms with Gasteiger partial charge in [-0.25, -0.2) is 4.79 Å². The fraction of sp³-hybridized carbons (Fsp3) is 0.333. The first kappa shape index (κ1) is 8.47. The Morgan fingerprint density at radius 2 is 1.89 bits per heavy atom. The van der Waals surface area contributed by atoms with Crippen LogP contribution in [0.2, 0.25) is 0 Å². The van der Waals surface area contributed by atoms with E-state index in [1.54, 1.807) is 22.6 Å². The number of carbonyl (C=O) groups is 2. The molecule has 0 aromatic heterocycles. The molecule has 0 heterocycles. The molecule has 0 radical (unpaired) electrons. The van der Waals surface area contributed by atoms with Gasteiger partial charge < -0.3 is 16.2 Å². The van der Waals surface area contributed by atoms with Crippen molar-refractivity contribution in [2.75, 3.05) is 0 Å². The minimum absolute atomic E-state index is 0.727. The molecule has 1 atom stereocenters. The molecule has 2 amide bonds. The largest absolute Gasteiger partial charge is 0.425 e. The fourth-order valence-corrected chi connectivity index (χ4v) is 0.411. The van der Waals surface area contributed by atoms with Crippen molar-refractivity contribution in [3.8, 4) is 0 Å². The Morgan fingerprint density at radius 3 is 2.00 bits per heavy atom. The zero-order valence-corrected chi connectivity index (χ0v) is 6.49. The van der Waals surface area contributed by atoms with E-state index in [1.807, 2.05) is 0 Å². The summed E-state index contributed by atoms with van der Waals surface area (Å²) >= 11 is 1.55. The van der Waals surface area contributed by atoms with E-state index in [0.29, 0.717) is 0 Å². The molecule has 0 aliphatic rings. The van der Waals surface area contributed by atoms with Crippen LogP contribution in [0.1, 0.15) is 0 Å². The second-order valence-electron chi connectivity index (χ2n) is 1.16. The first-order valence-corrected chi connectivity index (χ1v) is 3.18. The van der Waals surface area contributed by atoms with Gasteiger partial charge in [0.2, 0.25) is 4.11 Å². The average Bonchev–Trinajstić information content (AvgIpc) is 1.63. The van der Waals surface area contributed by atoms with E-state index in [4.69, 9.17) is 5.73 Å². The molecular formula is C3H5IN2O3. The van der Waals surface area contributed by atoms with Gasteiger partial charge >= 0.3 is 6.09 Å². The van der Waals surface area contributed by atoms with Crippen molar-refractivity contribution in [1.29, 1.82) is 0 Å². The van der Waals surface area contributed by atoms with Crippen LogP contribution in [0.5, 0.6) is 0 Å². The van der Waals surface area contributed by atoms with Gasteiger partial charge in [-0.1, -0.05) is 0 Å². The molecule has 0 fully saturated rings. The molecule has 0 spiro atoms. The molecule has 1 unspecified atom stereocenters. The number of carbonyl (C=O) groups excluding carboxylic acids is 2. The van der Waals surface area contributed by atoms with E-state index < -0.39 is 16.1 Å². The number of alkyl halides is 1. The van der Waals surface area contributed by atoms with Crippen molar-refractivity contribution in [2.45, 2.75) is 4.11 Å². The summed E-state index contributed by atoms with van der Waals surface area (Å²) in [7, 11) is 0. The smallest absolute Gasteiger partial charge is 0.406 e. The van der Waals surface area contributed by atoms with Crippen LogP contribution in [0.25, 0.3) is 0 Å². The third-order valence-electron chi connectivity index (χ3n) is 0.443. The van der Waals surface area contributed by atoms with Gasteiger partial charge in [0, 0.05) is 0 Å². The number of amides is 2. The first-order chi connectivity index (χ1) is 4.04. The van der Waals surface area contributed by atoms with Crippen LogP contribution in [0, 0.1) is 0 Å². The normalized spacial score (nSPS) is 12.1. The molecule has 52 valence electrons. The lowest BCUT2D eigenvalue weighted by Crippen LogP contribution is -2.30. The van der Waals surface area contributed by atoms with Gasteiger partial charge in [0.25, 0.3) is 5.91 Å². The van der Waals surface area contributed by atoms with Gasteiger partial charge in [-0.05, 0) is 22.6 Å². The van der Waals surface area contributed by atoms with Gasteiger partial charge in [-0.15, -0.1) is 0 Å². The van der Waals surface area contributed by atoms with E-state index in [2.05, 4.69) is 10.5 Å². The topological polar surface area (TPSA) is 95.4 Å². The molecule has 0 aliphatic heterocycles. The predicted molar refractivity (Wildman–Crippen MR) is 37.7 cm³/mol. The molecule has 0 aliphatic carbocycles. The Balaban J connectivity index is 3.63. The number of primary amides is 2. The summed E-state index contributed by atoms with van der Waals surface area (Å²) in [4.78, 5) is 20.0. The summed E-state index contributed by atoms with van der Waals surface area (Å²) in [5.41, 5.74) is 9.26. The van der Waals surface area contributed by atoms with Crippen molar-refractivity contribution in [3.63, 3.8) is 0 Å². The van der Waals surface area contributed by atoms with Crippen molar-refractivity contribution >= 4 is 34.6 Å². The van der Waals surface area contributed by atoms with Crippen molar-refractivity contribution in [1.82, 2.24) is 0 Å². The summed E-state index contributed by atoms with van der Waals surface area (Å²) in [5.74, 6) is -0.727. The first-order valence-electron chi connectivity index (χ1n) is 1.93. The van der Waals surface area contributed by atoms with E-state index in [-0.39, 0.29) is 0 Å². The molecule has 0 rings (SSSR count). The fourth-order valence-electron chi connectivity index (χ4n) is 0.160. The lowest BCUT2D eigenvalue weighted by molar-refractivity contribution is -0.121. The standard InChI is InChI=1S/C3H5IN2O3/c4-1(2(5)7)9-3(6)8/h1H,(H2,5,7)(H2,6,8). The maximum Gasteiger partial charge on any atom is 0.406 e. The molecule has 9 heavy (non-hydrogen) atoms. The summed E-state index contributed by atoms with van der Waals surface area (Å²) < 4.78 is 3.19. The van der Waals surface area contributed by atoms with E-state index >= 15 is 0 Å². The molecule has 6 heteroatoms. The number of rotatable bonds is 2. The van der Waals surface area contributed by atoms with Crippen molar-refractivity contribution in [2.24, 2.45) is 11.5 Å². The van der Waals surface area contributed by atoms with Gasteiger partial charge in [-0.3, -0.25) is 4.79 Å². The Morgan fingerprint density at radius 1 is 1.44 bits per heavy atom. The second-order valence-corrected chi connectivity index (χ2v) is 2.29. The van der Waals surface area contributed by atoms with Crippen molar-refractivity contribution in [3.05, 3.63) is 0 Å². The summed E-state index contributed by atoms with van der Waals surface area (Å²) in [5, 5.41) is 0. The monoisotopic (exact) mass is 244 g/mol. The molecule has 4 N–H and O–H groups in total. The average molecular weight is 244 g/mol. The minimum Gasteiger partial charge on any atom is -0.425 e. The lowest BCUT2D eigenvalue weighted by Gasteiger charge is -2.02. The van der Waals surface area contributed by atoms with Crippen LogP contribution in [0.3, 0.4) is 0 Å². The van der Waals surface area contributed by atoms with Crippen LogP contribution in [0.4, 0.5) is 4.79 Å². The third-order valence-corrected chi connectivity index (χ3v) is 1.31. The Labute approximate surface area is 64.8 Å². The van der Waals surface area contributed by atoms with Crippen LogP contribution >= 0.6 is 22.6 Å². The van der Waals surface area contributed by atoms with Crippen LogP contribution in [0.15, 0.2) is 0 Å². The number of nitrogens with two attached hydrogens (primary N) is 2. The number of hydrogen-bond acceptors (Lipinski definition) is 3. The third kappa shape index (κ3) is 4.01. The highest BCUT2D eigenvalue weighted by Crippen LogP contribution is 1.99. The summed E-state index contributed by atoms with van der Waals surface area (Å²) in [6.07, 6.45) is -1.01. The number of halogens is 1. The maximum absolute atomic E-state index is 10.1. The highest BCUT2D eigenvalue weighted by Gasteiger charge is 2.12. The zero-order chi connectivity index (χ0) is 7.44. The predicted octanol–water partition coefficient (Wildman–Crippen LogP) is -0.672. The minimum atomic E-state index is -1.01. The highest BCUT2D eigenvalue weighted by molar-refractivity contribution is 14.1. The molecule has 0 aromatic carbocycles. The van der Waals surface area contributed by atoms with E-state index in [0.717, 1.165) is 0 Å². The molecule has 5 nitrogen and oxygen atoms in total. The SMILES string of the molecule is NC(=O)OC(I)C(N)=O. The second kappa shape index (κ2) is 3.49. The summed E-state index contributed by atoms with van der Waals surface area (Å²) in [6, 6.07) is 0. The molecular weight excluding hydrogens is 239 g/mol. The Bertz CT molecular complexity index is 137. The Kier molecular flexibility index (Phi) is 3.28. The van der Waals surface area contributed by atoms with Gasteiger partial charge in [0.15, 0.2) is 0 Å². The van der Waals surface area contributed by atoms with Crippen LogP contribution in [-0.4, -0.2) is 16.1 Å². The number of hydrogen-bond donors (Lipinski definition) is 2. The van der Waals surface area contributed by atoms with E-state index in [9.17, 15) is 9.59 Å². The molecule has 0 saturated heterocycles. The molecule has 0 bridgehead atoms. The van der Waals surface area contributed by atoms with Gasteiger partial charge in [-0.2, -0.15) is 0 Å².